The predicted molar refractivity (Wildman–Crippen MR) is 157 cm³/mol. The summed E-state index contributed by atoms with van der Waals surface area (Å²) in [6.45, 7) is 0. The molecule has 1 aromatic heterocycles. The molecule has 0 radical (unpaired) electrons. The molecule has 4 rings (SSSR count). The van der Waals surface area contributed by atoms with Crippen molar-refractivity contribution >= 4 is 93.3 Å². The molecule has 0 unspecified atom stereocenters. The van der Waals surface area contributed by atoms with Crippen molar-refractivity contribution in [3.05, 3.63) is 114 Å². The van der Waals surface area contributed by atoms with Crippen molar-refractivity contribution < 1.29 is 19.2 Å². The average Bonchev–Trinajstić information content (AvgIpc) is 2.89. The van der Waals surface area contributed by atoms with Crippen LogP contribution < -0.4 is 14.4 Å². The highest BCUT2D eigenvalue weighted by atomic mass is 35.5. The number of nitro groups is 1. The van der Waals surface area contributed by atoms with Gasteiger partial charge in [-0.15, -0.1) is 0 Å². The van der Waals surface area contributed by atoms with E-state index < -0.39 is 16.9 Å². The van der Waals surface area contributed by atoms with E-state index in [1.165, 1.54) is 60.8 Å². The van der Waals surface area contributed by atoms with Crippen molar-refractivity contribution in [2.24, 2.45) is 0 Å². The summed E-state index contributed by atoms with van der Waals surface area (Å²) in [4.78, 5) is 41.4. The van der Waals surface area contributed by atoms with Crippen molar-refractivity contribution in [3.8, 4) is 11.6 Å². The molecule has 3 amide bonds. The van der Waals surface area contributed by atoms with Crippen molar-refractivity contribution in [1.82, 2.24) is 10.3 Å². The molecule has 1 N–H and O–H groups in total. The minimum absolute atomic E-state index is 0.0229. The number of hydrogen-bond donors (Lipinski definition) is 1. The molecule has 0 spiro atoms. The molecular formula is C25H13Cl5N4O5S. The topological polar surface area (TPSA) is 115 Å². The number of carbonyl (C=O) groups is 2. The quantitative estimate of drug-likeness (QED) is 0.120. The Balaban J connectivity index is 1.69. The maximum Gasteiger partial charge on any atom is 0.339 e. The van der Waals surface area contributed by atoms with Crippen molar-refractivity contribution in [2.75, 3.05) is 4.31 Å². The van der Waals surface area contributed by atoms with Gasteiger partial charge in [0.1, 0.15) is 15.7 Å². The fourth-order valence-corrected chi connectivity index (χ4v) is 5.32. The molecule has 1 heterocycles. The number of hydrogen-bond acceptors (Lipinski definition) is 7. The average molecular weight is 659 g/mol. The van der Waals surface area contributed by atoms with Gasteiger partial charge in [-0.05, 0) is 42.5 Å². The van der Waals surface area contributed by atoms with Gasteiger partial charge < -0.3 is 4.74 Å². The molecule has 9 nitrogen and oxygen atoms in total. The van der Waals surface area contributed by atoms with Gasteiger partial charge in [-0.1, -0.05) is 76.2 Å². The summed E-state index contributed by atoms with van der Waals surface area (Å²) < 4.78 is 6.68. The lowest BCUT2D eigenvalue weighted by Gasteiger charge is -2.22. The van der Waals surface area contributed by atoms with Gasteiger partial charge in [-0.3, -0.25) is 20.2 Å². The highest BCUT2D eigenvalue weighted by Crippen LogP contribution is 2.39. The molecular weight excluding hydrogens is 646 g/mol. The number of nitro benzene ring substituents is 1. The van der Waals surface area contributed by atoms with E-state index in [-0.39, 0.29) is 53.6 Å². The lowest BCUT2D eigenvalue weighted by atomic mass is 10.2. The van der Waals surface area contributed by atoms with Crippen LogP contribution >= 0.6 is 70.0 Å². The Kier molecular flexibility index (Phi) is 9.62. The molecule has 0 saturated heterocycles. The lowest BCUT2D eigenvalue weighted by Crippen LogP contribution is -2.39. The van der Waals surface area contributed by atoms with Crippen LogP contribution in [0.1, 0.15) is 10.4 Å². The van der Waals surface area contributed by atoms with E-state index in [1.54, 1.807) is 12.1 Å². The molecule has 15 heteroatoms. The van der Waals surface area contributed by atoms with E-state index in [9.17, 15) is 19.7 Å². The number of ether oxygens (including phenoxy) is 1. The van der Waals surface area contributed by atoms with Gasteiger partial charge in [0.2, 0.25) is 5.88 Å². The van der Waals surface area contributed by atoms with Gasteiger partial charge >= 0.3 is 6.03 Å². The number of benzene rings is 3. The number of amides is 3. The van der Waals surface area contributed by atoms with Crippen LogP contribution in [-0.2, 0) is 0 Å². The molecule has 0 atom stereocenters. The molecule has 0 saturated carbocycles. The fraction of sp³-hybridized carbons (Fsp3) is 0. The normalized spacial score (nSPS) is 10.6. The highest BCUT2D eigenvalue weighted by molar-refractivity contribution is 8.01. The van der Waals surface area contributed by atoms with E-state index in [2.05, 4.69) is 10.3 Å². The molecule has 0 aliphatic rings. The van der Waals surface area contributed by atoms with E-state index in [4.69, 9.17) is 62.7 Å². The molecule has 204 valence electrons. The van der Waals surface area contributed by atoms with Gasteiger partial charge in [0.25, 0.3) is 11.6 Å². The van der Waals surface area contributed by atoms with Crippen LogP contribution in [0.15, 0.2) is 77.8 Å². The number of rotatable bonds is 7. The van der Waals surface area contributed by atoms with Crippen molar-refractivity contribution in [3.63, 3.8) is 0 Å². The first-order valence-electron chi connectivity index (χ1n) is 10.8. The smallest absolute Gasteiger partial charge is 0.339 e. The van der Waals surface area contributed by atoms with Crippen LogP contribution in [0.4, 0.5) is 16.2 Å². The zero-order valence-electron chi connectivity index (χ0n) is 19.6. The highest BCUT2D eigenvalue weighted by Gasteiger charge is 2.26. The molecule has 0 aliphatic carbocycles. The summed E-state index contributed by atoms with van der Waals surface area (Å²) in [6, 6.07) is 14.9. The first-order chi connectivity index (χ1) is 19.0. The van der Waals surface area contributed by atoms with E-state index >= 15 is 0 Å². The Bertz CT molecular complexity index is 1620. The Morgan fingerprint density at radius 1 is 0.900 bits per heavy atom. The largest absolute Gasteiger partial charge is 0.436 e. The lowest BCUT2D eigenvalue weighted by molar-refractivity contribution is -0.387. The third-order valence-electron chi connectivity index (χ3n) is 4.98. The number of halogens is 5. The zero-order valence-corrected chi connectivity index (χ0v) is 24.2. The maximum atomic E-state index is 13.4. The van der Waals surface area contributed by atoms with Crippen LogP contribution in [0.25, 0.3) is 0 Å². The van der Waals surface area contributed by atoms with Crippen LogP contribution in [0.3, 0.4) is 0 Å². The molecule has 0 aliphatic heterocycles. The van der Waals surface area contributed by atoms with E-state index in [1.807, 2.05) is 0 Å². The number of anilines is 1. The minimum Gasteiger partial charge on any atom is -0.436 e. The zero-order chi connectivity index (χ0) is 29.0. The minimum atomic E-state index is -0.962. The van der Waals surface area contributed by atoms with Gasteiger partial charge in [-0.25, -0.2) is 14.1 Å². The van der Waals surface area contributed by atoms with Gasteiger partial charge in [0.05, 0.1) is 36.3 Å². The van der Waals surface area contributed by atoms with Crippen LogP contribution in [0, 0.1) is 10.1 Å². The SMILES string of the molecule is O=C(NC(=O)N(Sc1ccccc1[N+](=O)[O-])c1ccc(Oc2ncc(Cl)cc2Cl)c(Cl)c1)c1c(Cl)cccc1Cl. The number of pyridine rings is 1. The monoisotopic (exact) mass is 656 g/mol. The first kappa shape index (κ1) is 29.7. The molecule has 0 fully saturated rings. The number of urea groups is 1. The predicted octanol–water partition coefficient (Wildman–Crippen LogP) is 9.11. The standard InChI is InChI=1S/C25H13Cl5N4O5S/c26-13-10-18(30)24(31-12-13)39-20-9-8-14(11-17(20)29)33(40-21-7-2-1-6-19(21)34(37)38)25(36)32-23(35)22-15(27)4-3-5-16(22)28/h1-12H,(H,32,35,36). The van der Waals surface area contributed by atoms with Crippen molar-refractivity contribution in [1.29, 1.82) is 0 Å². The van der Waals surface area contributed by atoms with E-state index in [0.29, 0.717) is 17.0 Å². The van der Waals surface area contributed by atoms with Crippen LogP contribution in [0.5, 0.6) is 11.6 Å². The number of aromatic nitrogens is 1. The first-order valence-corrected chi connectivity index (χ1v) is 13.5. The third-order valence-corrected chi connectivity index (χ3v) is 7.48. The summed E-state index contributed by atoms with van der Waals surface area (Å²) in [5.41, 5.74) is -0.240. The summed E-state index contributed by atoms with van der Waals surface area (Å²) in [5.74, 6) is -0.716. The fourth-order valence-electron chi connectivity index (χ4n) is 3.20. The number of nitrogens with zero attached hydrogens (tertiary/aromatic N) is 3. The number of nitrogens with one attached hydrogen (secondary N) is 1. The Hall–Kier alpha value is -3.25. The van der Waals surface area contributed by atoms with Crippen molar-refractivity contribution in [2.45, 2.75) is 4.90 Å². The van der Waals surface area contributed by atoms with E-state index in [0.717, 1.165) is 4.31 Å². The number of carbonyl (C=O) groups excluding carboxylic acids is 2. The number of imide groups is 1. The molecule has 4 aromatic rings. The van der Waals surface area contributed by atoms with Crippen LogP contribution in [0.2, 0.25) is 25.1 Å². The Morgan fingerprint density at radius 3 is 2.25 bits per heavy atom. The summed E-state index contributed by atoms with van der Waals surface area (Å²) in [5, 5.41) is 14.3. The number of para-hydroxylation sites is 1. The Labute approximate surface area is 256 Å². The van der Waals surface area contributed by atoms with Crippen LogP contribution in [-0.4, -0.2) is 21.8 Å². The molecule has 0 bridgehead atoms. The third kappa shape index (κ3) is 6.90. The molecule has 40 heavy (non-hydrogen) atoms. The molecule has 3 aromatic carbocycles. The Morgan fingerprint density at radius 2 is 1.60 bits per heavy atom. The van der Waals surface area contributed by atoms with Gasteiger partial charge in [0, 0.05) is 24.2 Å². The van der Waals surface area contributed by atoms with Gasteiger partial charge in [-0.2, -0.15) is 0 Å². The summed E-state index contributed by atoms with van der Waals surface area (Å²) >= 11 is 31.3. The maximum absolute atomic E-state index is 13.4. The summed E-state index contributed by atoms with van der Waals surface area (Å²) in [6.07, 6.45) is 1.34. The summed E-state index contributed by atoms with van der Waals surface area (Å²) in [7, 11) is 0. The van der Waals surface area contributed by atoms with Gasteiger partial charge in [0.15, 0.2) is 0 Å². The second-order valence-electron chi connectivity index (χ2n) is 7.62. The second-order valence-corrected chi connectivity index (χ2v) is 10.7. The second kappa shape index (κ2) is 12.9.